The van der Waals surface area contributed by atoms with E-state index in [1.807, 2.05) is 12.1 Å². The maximum atomic E-state index is 12.0. The zero-order valence-corrected chi connectivity index (χ0v) is 15.1. The van der Waals surface area contributed by atoms with Crippen LogP contribution >= 0.6 is 15.9 Å². The number of halogens is 1. The molecule has 0 atom stereocenters. The number of carbonyl (C=O) groups excluding carboxylic acids is 2. The summed E-state index contributed by atoms with van der Waals surface area (Å²) in [6.45, 7) is -0.235. The SMILES string of the molecule is COc1cc(/C=C/C(=O)Nc2ccc(Br)cc2)ccc1OCC(N)=O. The molecule has 0 aliphatic heterocycles. The maximum absolute atomic E-state index is 12.0. The van der Waals surface area contributed by atoms with Crippen LogP contribution in [-0.2, 0) is 9.59 Å². The van der Waals surface area contributed by atoms with Gasteiger partial charge in [0.2, 0.25) is 5.91 Å². The standard InChI is InChI=1S/C18H17BrN2O4/c1-24-16-10-12(2-8-15(16)25-11-17(20)22)3-9-18(23)21-14-6-4-13(19)5-7-14/h2-10H,11H2,1H3,(H2,20,22)(H,21,23)/b9-3+. The zero-order chi connectivity index (χ0) is 18.2. The second kappa shape index (κ2) is 8.89. The van der Waals surface area contributed by atoms with Crippen LogP contribution in [0.5, 0.6) is 11.5 Å². The van der Waals surface area contributed by atoms with E-state index in [4.69, 9.17) is 15.2 Å². The van der Waals surface area contributed by atoms with Gasteiger partial charge in [-0.15, -0.1) is 0 Å². The lowest BCUT2D eigenvalue weighted by atomic mass is 10.2. The van der Waals surface area contributed by atoms with Gasteiger partial charge in [0.05, 0.1) is 7.11 Å². The lowest BCUT2D eigenvalue weighted by molar-refractivity contribution is -0.120. The normalized spacial score (nSPS) is 10.5. The predicted octanol–water partition coefficient (Wildman–Crippen LogP) is 2.97. The first kappa shape index (κ1) is 18.5. The number of nitrogens with two attached hydrogens (primary N) is 1. The van der Waals surface area contributed by atoms with Crippen molar-refractivity contribution in [2.75, 3.05) is 19.0 Å². The third kappa shape index (κ3) is 5.96. The highest BCUT2D eigenvalue weighted by Gasteiger charge is 2.06. The molecule has 0 unspecified atom stereocenters. The van der Waals surface area contributed by atoms with Crippen LogP contribution in [0, 0.1) is 0 Å². The number of methoxy groups -OCH3 is 1. The second-order valence-electron chi connectivity index (χ2n) is 4.99. The van der Waals surface area contributed by atoms with Gasteiger partial charge in [0, 0.05) is 16.2 Å². The summed E-state index contributed by atoms with van der Waals surface area (Å²) in [4.78, 5) is 22.7. The Bertz CT molecular complexity index is 788. The Balaban J connectivity index is 2.03. The van der Waals surface area contributed by atoms with E-state index in [2.05, 4.69) is 21.2 Å². The van der Waals surface area contributed by atoms with Crippen molar-refractivity contribution >= 4 is 39.5 Å². The van der Waals surface area contributed by atoms with Crippen LogP contribution in [0.2, 0.25) is 0 Å². The minimum atomic E-state index is -0.573. The molecule has 0 bridgehead atoms. The van der Waals surface area contributed by atoms with Gasteiger partial charge in [-0.3, -0.25) is 9.59 Å². The number of hydrogen-bond acceptors (Lipinski definition) is 4. The third-order valence-corrected chi connectivity index (χ3v) is 3.63. The predicted molar refractivity (Wildman–Crippen MR) is 99.5 cm³/mol. The molecule has 2 aromatic rings. The fourth-order valence-electron chi connectivity index (χ4n) is 1.95. The molecule has 0 saturated heterocycles. The summed E-state index contributed by atoms with van der Waals surface area (Å²) in [5, 5.41) is 2.76. The molecule has 7 heteroatoms. The first-order chi connectivity index (χ1) is 12.0. The molecule has 2 rings (SSSR count). The number of anilines is 1. The Kier molecular flexibility index (Phi) is 6.59. The summed E-state index contributed by atoms with van der Waals surface area (Å²) in [6, 6.07) is 12.4. The molecule has 0 saturated carbocycles. The van der Waals surface area contributed by atoms with Gasteiger partial charge in [-0.1, -0.05) is 22.0 Å². The van der Waals surface area contributed by atoms with Gasteiger partial charge in [0.25, 0.3) is 5.91 Å². The number of rotatable bonds is 7. The van der Waals surface area contributed by atoms with Crippen molar-refractivity contribution in [2.45, 2.75) is 0 Å². The van der Waals surface area contributed by atoms with Crippen LogP contribution in [-0.4, -0.2) is 25.5 Å². The summed E-state index contributed by atoms with van der Waals surface area (Å²) in [7, 11) is 1.49. The molecule has 0 heterocycles. The monoisotopic (exact) mass is 404 g/mol. The molecule has 25 heavy (non-hydrogen) atoms. The number of amides is 2. The summed E-state index contributed by atoms with van der Waals surface area (Å²) >= 11 is 3.34. The summed E-state index contributed by atoms with van der Waals surface area (Å²) in [6.07, 6.45) is 3.06. The number of hydrogen-bond donors (Lipinski definition) is 2. The second-order valence-corrected chi connectivity index (χ2v) is 5.91. The van der Waals surface area contributed by atoms with Crippen LogP contribution in [0.4, 0.5) is 5.69 Å². The molecule has 0 radical (unpaired) electrons. The van der Waals surface area contributed by atoms with Gasteiger partial charge in [0.1, 0.15) is 0 Å². The van der Waals surface area contributed by atoms with Gasteiger partial charge in [-0.05, 0) is 48.0 Å². The van der Waals surface area contributed by atoms with Crippen molar-refractivity contribution in [3.05, 3.63) is 58.6 Å². The Hall–Kier alpha value is -2.80. The minimum Gasteiger partial charge on any atom is -0.493 e. The average Bonchev–Trinajstić information content (AvgIpc) is 2.60. The van der Waals surface area contributed by atoms with Crippen molar-refractivity contribution in [1.29, 1.82) is 0 Å². The third-order valence-electron chi connectivity index (χ3n) is 3.10. The van der Waals surface area contributed by atoms with E-state index in [-0.39, 0.29) is 12.5 Å². The van der Waals surface area contributed by atoms with Gasteiger partial charge in [-0.25, -0.2) is 0 Å². The number of benzene rings is 2. The van der Waals surface area contributed by atoms with Crippen molar-refractivity contribution < 1.29 is 19.1 Å². The summed E-state index contributed by atoms with van der Waals surface area (Å²) < 4.78 is 11.4. The van der Waals surface area contributed by atoms with Crippen LogP contribution < -0.4 is 20.5 Å². The summed E-state index contributed by atoms with van der Waals surface area (Å²) in [5.74, 6) is 0.0143. The molecular weight excluding hydrogens is 388 g/mol. The highest BCUT2D eigenvalue weighted by Crippen LogP contribution is 2.28. The lowest BCUT2D eigenvalue weighted by Gasteiger charge is -2.10. The van der Waals surface area contributed by atoms with Crippen molar-refractivity contribution in [3.8, 4) is 11.5 Å². The number of carbonyl (C=O) groups is 2. The Morgan fingerprint density at radius 2 is 1.88 bits per heavy atom. The Morgan fingerprint density at radius 1 is 1.16 bits per heavy atom. The minimum absolute atomic E-state index is 0.235. The highest BCUT2D eigenvalue weighted by molar-refractivity contribution is 9.10. The molecule has 130 valence electrons. The molecule has 0 fully saturated rings. The smallest absolute Gasteiger partial charge is 0.255 e. The molecular formula is C18H17BrN2O4. The molecule has 2 amide bonds. The van der Waals surface area contributed by atoms with Gasteiger partial charge < -0.3 is 20.5 Å². The van der Waals surface area contributed by atoms with Crippen molar-refractivity contribution in [1.82, 2.24) is 0 Å². The van der Waals surface area contributed by atoms with Crippen LogP contribution in [0.25, 0.3) is 6.08 Å². The number of primary amides is 1. The molecule has 2 aromatic carbocycles. The van der Waals surface area contributed by atoms with Gasteiger partial charge in [-0.2, -0.15) is 0 Å². The van der Waals surface area contributed by atoms with Crippen LogP contribution in [0.15, 0.2) is 53.0 Å². The van der Waals surface area contributed by atoms with Gasteiger partial charge in [0.15, 0.2) is 18.1 Å². The van der Waals surface area contributed by atoms with E-state index in [0.29, 0.717) is 17.2 Å². The average molecular weight is 405 g/mol. The molecule has 0 aliphatic carbocycles. The highest BCUT2D eigenvalue weighted by atomic mass is 79.9. The van der Waals surface area contributed by atoms with E-state index in [9.17, 15) is 9.59 Å². The van der Waals surface area contributed by atoms with Crippen molar-refractivity contribution in [3.63, 3.8) is 0 Å². The lowest BCUT2D eigenvalue weighted by Crippen LogP contribution is -2.20. The van der Waals surface area contributed by atoms with Crippen LogP contribution in [0.1, 0.15) is 5.56 Å². The summed E-state index contributed by atoms with van der Waals surface area (Å²) in [5.41, 5.74) is 6.50. The fourth-order valence-corrected chi connectivity index (χ4v) is 2.21. The van der Waals surface area contributed by atoms with E-state index < -0.39 is 5.91 Å². The number of ether oxygens (including phenoxy) is 2. The first-order valence-electron chi connectivity index (χ1n) is 7.31. The molecule has 3 N–H and O–H groups in total. The van der Waals surface area contributed by atoms with E-state index in [1.165, 1.54) is 13.2 Å². The van der Waals surface area contributed by atoms with E-state index in [1.54, 1.807) is 36.4 Å². The molecule has 0 spiro atoms. The Morgan fingerprint density at radius 3 is 2.52 bits per heavy atom. The van der Waals surface area contributed by atoms with Gasteiger partial charge >= 0.3 is 0 Å². The fraction of sp³-hybridized carbons (Fsp3) is 0.111. The first-order valence-corrected chi connectivity index (χ1v) is 8.11. The quantitative estimate of drug-likeness (QED) is 0.693. The Labute approximate surface area is 153 Å². The maximum Gasteiger partial charge on any atom is 0.255 e. The molecule has 0 aliphatic rings. The zero-order valence-electron chi connectivity index (χ0n) is 13.5. The van der Waals surface area contributed by atoms with E-state index >= 15 is 0 Å². The largest absolute Gasteiger partial charge is 0.493 e. The van der Waals surface area contributed by atoms with E-state index in [0.717, 1.165) is 10.0 Å². The van der Waals surface area contributed by atoms with Crippen LogP contribution in [0.3, 0.4) is 0 Å². The molecule has 6 nitrogen and oxygen atoms in total. The molecule has 0 aromatic heterocycles. The number of nitrogens with one attached hydrogen (secondary N) is 1. The van der Waals surface area contributed by atoms with Crippen molar-refractivity contribution in [2.24, 2.45) is 5.73 Å². The topological polar surface area (TPSA) is 90.7 Å².